The maximum atomic E-state index is 14.3. The molecule has 30 heteroatoms. The number of aryl methyl sites for hydroxylation is 2. The third-order valence-electron chi connectivity index (χ3n) is 16.3. The van der Waals surface area contributed by atoms with Crippen LogP contribution in [0.3, 0.4) is 0 Å². The molecule has 1 fully saturated rings. The third kappa shape index (κ3) is 20.0. The van der Waals surface area contributed by atoms with Crippen LogP contribution in [0.15, 0.2) is 109 Å². The van der Waals surface area contributed by atoms with Crippen LogP contribution in [0.25, 0.3) is 11.1 Å². The van der Waals surface area contributed by atoms with Crippen LogP contribution < -0.4 is 51.6 Å². The van der Waals surface area contributed by atoms with Gasteiger partial charge in [-0.05, 0) is 85.7 Å². The van der Waals surface area contributed by atoms with Crippen LogP contribution in [0.2, 0.25) is 0 Å². The van der Waals surface area contributed by atoms with Crippen LogP contribution in [0.1, 0.15) is 96.2 Å². The second-order valence-corrected chi connectivity index (χ2v) is 24.1. The summed E-state index contributed by atoms with van der Waals surface area (Å²) in [5, 5.41) is 40.2. The first kappa shape index (κ1) is 74.1. The van der Waals surface area contributed by atoms with Gasteiger partial charge in [-0.3, -0.25) is 52.8 Å². The molecule has 0 saturated carbocycles. The van der Waals surface area contributed by atoms with Crippen LogP contribution in [0.5, 0.6) is 11.5 Å². The Kier molecular flexibility index (Phi) is 26.2. The first-order chi connectivity index (χ1) is 47.4. The van der Waals surface area contributed by atoms with Crippen molar-refractivity contribution in [1.82, 2.24) is 40.2 Å². The van der Waals surface area contributed by atoms with Crippen molar-refractivity contribution in [1.29, 1.82) is 0 Å². The molecule has 1 saturated heterocycles. The topological polar surface area (TPSA) is 378 Å². The van der Waals surface area contributed by atoms with E-state index >= 15 is 0 Å². The molecule has 8 rings (SSSR count). The van der Waals surface area contributed by atoms with Crippen molar-refractivity contribution in [3.63, 3.8) is 0 Å². The number of hydrogen-bond donors (Lipinski definition) is 9. The van der Waals surface area contributed by atoms with Crippen molar-refractivity contribution in [3.8, 4) is 22.6 Å². The van der Waals surface area contributed by atoms with Gasteiger partial charge in [-0.1, -0.05) is 50.3 Å². The number of nitrogens with zero attached hydrogens (tertiary/aromatic N) is 5. The molecule has 0 unspecified atom stereocenters. The van der Waals surface area contributed by atoms with Crippen LogP contribution in [-0.2, 0) is 68.5 Å². The normalized spacial score (nSPS) is 15.4. The number of aliphatic hydroxyl groups excluding tert-OH is 2. The molecule has 0 bridgehead atoms. The summed E-state index contributed by atoms with van der Waals surface area (Å²) in [6.45, 7) is 9.82. The van der Waals surface area contributed by atoms with Gasteiger partial charge in [0.1, 0.15) is 30.1 Å². The lowest BCUT2D eigenvalue weighted by Crippen LogP contribution is -2.53. The minimum atomic E-state index is -1.60. The molecule has 3 aliphatic rings. The summed E-state index contributed by atoms with van der Waals surface area (Å²) in [6, 6.07) is 16.6. The van der Waals surface area contributed by atoms with E-state index in [9.17, 15) is 57.8 Å². The highest BCUT2D eigenvalue weighted by Crippen LogP contribution is 2.42. The van der Waals surface area contributed by atoms with Crippen molar-refractivity contribution in [2.24, 2.45) is 20.0 Å². The molecule has 0 spiro atoms. The number of carbonyl (C=O) groups excluding carboxylic acids is 11. The minimum absolute atomic E-state index is 0.0112. The molecule has 528 valence electrons. The molecular weight excluding hydrogens is 1280 g/mol. The Morgan fingerprint density at radius 2 is 1.33 bits per heavy atom. The monoisotopic (exact) mass is 1370 g/mol. The second kappa shape index (κ2) is 35.0. The van der Waals surface area contributed by atoms with E-state index in [0.717, 1.165) is 33.1 Å². The highest BCUT2D eigenvalue weighted by atomic mass is 16.6. The number of carbonyl (C=O) groups is 11. The number of aromatic nitrogens is 2. The number of hydrogen-bond acceptors (Lipinski definition) is 18. The predicted octanol–water partition coefficient (Wildman–Crippen LogP) is 3.89. The van der Waals surface area contributed by atoms with Crippen molar-refractivity contribution >= 4 is 87.9 Å². The highest BCUT2D eigenvalue weighted by molar-refractivity contribution is 6.13. The maximum Gasteiger partial charge on any atom is 0.416 e. The first-order valence-corrected chi connectivity index (χ1v) is 32.3. The van der Waals surface area contributed by atoms with Gasteiger partial charge in [-0.15, -0.1) is 0 Å². The Morgan fingerprint density at radius 1 is 0.657 bits per heavy atom. The van der Waals surface area contributed by atoms with E-state index in [2.05, 4.69) is 43.8 Å². The molecule has 5 heterocycles. The summed E-state index contributed by atoms with van der Waals surface area (Å²) in [4.78, 5) is 146. The Labute approximate surface area is 571 Å². The van der Waals surface area contributed by atoms with E-state index < -0.39 is 71.8 Å². The lowest BCUT2D eigenvalue weighted by molar-refractivity contribution is -0.137. The number of imide groups is 1. The SMILES string of the molecule is C=C1C[C@H]2[C@H](O)N(C(=O)OCc3ccc(NC(=O)[C@H](C)NC(=O)[C@@H](NC(=O)CCOCCOCCNC(=O)CCN4C(=O)C=CC4=O)C(C)C)cc3)c3cc(OCCCC(=O)Nc4cc(C(=O)Nc5ccc(-c6cc(C(=O)NCCCO)n(C)c6)cc5)n(C)c4)c(OC)cc3C(=O)N2C1. The number of nitrogens with one attached hydrogen (secondary N) is 7. The van der Waals surface area contributed by atoms with Crippen molar-refractivity contribution < 1.29 is 86.6 Å². The standard InChI is InChI=1S/C69H84N12O18/c1-41(2)62(76-59(85)22-28-96-30-31-97-29-24-70-57(83)21-25-79-60(86)19-20-61(79)87)66(91)72-43(4)63(88)74-47-15-11-44(12-16-47)40-99-69(94)81-51-36-56(55(95-7)35-50(51)67(92)80-37-42(3)32-54(80)68(81)93)98-27-8-10-58(84)73-49-34-53(78(6)39-49)65(90)75-48-17-13-45(14-18-48)46-33-52(77(5)38-46)64(89)71-23-9-26-82/h11-20,33-36,38-39,41,43,54,62,68,82,93H,3,8-10,21-32,37,40H2,1-2,4-7H3,(H,70,83)(H,71,89)(H,72,91)(H,73,84)(H,74,88)(H,75,90)(H,76,85)/t43-,54-,62-,68-/m0/s1. The van der Waals surface area contributed by atoms with E-state index in [1.54, 1.807) is 91.8 Å². The van der Waals surface area contributed by atoms with Gasteiger partial charge in [0.2, 0.25) is 29.5 Å². The van der Waals surface area contributed by atoms with Gasteiger partial charge in [0, 0.05) is 114 Å². The van der Waals surface area contributed by atoms with E-state index in [0.29, 0.717) is 46.9 Å². The summed E-state index contributed by atoms with van der Waals surface area (Å²) < 4.78 is 31.8. The fourth-order valence-electron chi connectivity index (χ4n) is 10.9. The average Bonchev–Trinajstić information content (AvgIpc) is 1.63. The van der Waals surface area contributed by atoms with E-state index in [1.165, 1.54) is 31.1 Å². The number of aliphatic hydroxyl groups is 2. The summed E-state index contributed by atoms with van der Waals surface area (Å²) >= 11 is 0. The van der Waals surface area contributed by atoms with E-state index in [-0.39, 0.29) is 150 Å². The van der Waals surface area contributed by atoms with Gasteiger partial charge >= 0.3 is 6.09 Å². The van der Waals surface area contributed by atoms with Crippen LogP contribution >= 0.6 is 0 Å². The number of anilines is 4. The lowest BCUT2D eigenvalue weighted by atomic mass is 10.0. The number of fused-ring (bicyclic) bond motifs is 2. The number of benzene rings is 3. The third-order valence-corrected chi connectivity index (χ3v) is 16.3. The van der Waals surface area contributed by atoms with E-state index in [4.69, 9.17) is 28.8 Å². The zero-order valence-electron chi connectivity index (χ0n) is 56.0. The van der Waals surface area contributed by atoms with Crippen molar-refractivity contribution in [3.05, 3.63) is 132 Å². The van der Waals surface area contributed by atoms with Crippen LogP contribution in [-0.4, -0.2) is 192 Å². The molecular formula is C69H84N12O18. The van der Waals surface area contributed by atoms with Gasteiger partial charge < -0.3 is 85.1 Å². The molecule has 99 heavy (non-hydrogen) atoms. The number of rotatable bonds is 34. The molecule has 3 aromatic carbocycles. The van der Waals surface area contributed by atoms with Gasteiger partial charge in [0.05, 0.1) is 63.1 Å². The van der Waals surface area contributed by atoms with Crippen molar-refractivity contribution in [2.45, 2.75) is 90.3 Å². The minimum Gasteiger partial charge on any atom is -0.493 e. The molecule has 2 aromatic heterocycles. The lowest BCUT2D eigenvalue weighted by Gasteiger charge is -2.31. The second-order valence-electron chi connectivity index (χ2n) is 24.1. The summed E-state index contributed by atoms with van der Waals surface area (Å²) in [6.07, 6.45) is 3.84. The fraction of sp³-hybridized carbons (Fsp3) is 0.406. The number of ether oxygens (including phenoxy) is 5. The Hall–Kier alpha value is -10.7. The molecule has 3 aliphatic heterocycles. The van der Waals surface area contributed by atoms with Gasteiger partial charge in [-0.2, -0.15) is 0 Å². The Balaban J connectivity index is 0.777. The fourth-order valence-corrected chi connectivity index (χ4v) is 10.9. The van der Waals surface area contributed by atoms with Crippen LogP contribution in [0, 0.1) is 5.92 Å². The van der Waals surface area contributed by atoms with Gasteiger partial charge in [0.25, 0.3) is 29.5 Å². The van der Waals surface area contributed by atoms with Crippen molar-refractivity contribution in [2.75, 3.05) is 93.8 Å². The molecule has 0 aliphatic carbocycles. The van der Waals surface area contributed by atoms with Crippen LogP contribution in [0.4, 0.5) is 27.5 Å². The zero-order valence-corrected chi connectivity index (χ0v) is 56.0. The highest BCUT2D eigenvalue weighted by Gasteiger charge is 2.46. The first-order valence-electron chi connectivity index (χ1n) is 32.3. The predicted molar refractivity (Wildman–Crippen MR) is 361 cm³/mol. The summed E-state index contributed by atoms with van der Waals surface area (Å²) in [5.74, 6) is -4.55. The largest absolute Gasteiger partial charge is 0.493 e. The molecule has 5 aromatic rings. The van der Waals surface area contributed by atoms with E-state index in [1.807, 2.05) is 18.3 Å². The quantitative estimate of drug-likeness (QED) is 0.0160. The Bertz CT molecular complexity index is 3830. The van der Waals surface area contributed by atoms with Gasteiger partial charge in [-0.25, -0.2) is 9.69 Å². The smallest absolute Gasteiger partial charge is 0.416 e. The maximum absolute atomic E-state index is 14.3. The average molecular weight is 1370 g/mol. The summed E-state index contributed by atoms with van der Waals surface area (Å²) in [5.41, 5.74) is 4.72. The summed E-state index contributed by atoms with van der Waals surface area (Å²) in [7, 11) is 4.81. The number of methoxy groups -OCH3 is 1. The molecule has 9 N–H and O–H groups in total. The Morgan fingerprint density at radius 3 is 2.03 bits per heavy atom. The zero-order chi connectivity index (χ0) is 71.4. The number of amides is 11. The molecule has 30 nitrogen and oxygen atoms in total. The van der Waals surface area contributed by atoms with Gasteiger partial charge in [0.15, 0.2) is 17.7 Å². The molecule has 0 radical (unpaired) electrons. The molecule has 4 atom stereocenters. The molecule has 11 amide bonds.